The van der Waals surface area contributed by atoms with E-state index in [1.807, 2.05) is 0 Å². The summed E-state index contributed by atoms with van der Waals surface area (Å²) in [7, 11) is 0. The number of rotatable bonds is 5. The van der Waals surface area contributed by atoms with E-state index in [0.29, 0.717) is 12.3 Å². The van der Waals surface area contributed by atoms with E-state index in [2.05, 4.69) is 21.0 Å². The van der Waals surface area contributed by atoms with Gasteiger partial charge in [-0.25, -0.2) is 4.98 Å². The van der Waals surface area contributed by atoms with E-state index in [0.717, 1.165) is 42.4 Å². The molecule has 1 saturated heterocycles. The van der Waals surface area contributed by atoms with E-state index in [9.17, 15) is 4.79 Å². The van der Waals surface area contributed by atoms with Crippen molar-refractivity contribution in [2.45, 2.75) is 31.6 Å². The molecule has 5 nitrogen and oxygen atoms in total. The van der Waals surface area contributed by atoms with Crippen LogP contribution in [-0.4, -0.2) is 33.7 Å². The largest absolute Gasteiger partial charge is 0.481 e. The molecule has 0 aliphatic carbocycles. The molecule has 1 atom stereocenters. The summed E-state index contributed by atoms with van der Waals surface area (Å²) in [6.07, 6.45) is 4.79. The van der Waals surface area contributed by atoms with Crippen LogP contribution in [0.5, 0.6) is 0 Å². The first-order valence-corrected chi connectivity index (χ1v) is 7.37. The maximum atomic E-state index is 10.5. The fraction of sp³-hybridized carbons (Fsp3) is 0.538. The molecule has 1 unspecified atom stereocenters. The van der Waals surface area contributed by atoms with Crippen LogP contribution in [0, 0.1) is 0 Å². The quantitative estimate of drug-likeness (QED) is 0.912. The molecular weight excluding hydrogens is 264 g/mol. The van der Waals surface area contributed by atoms with E-state index >= 15 is 0 Å². The van der Waals surface area contributed by atoms with E-state index in [4.69, 9.17) is 9.84 Å². The van der Waals surface area contributed by atoms with Crippen molar-refractivity contribution in [2.24, 2.45) is 0 Å². The van der Waals surface area contributed by atoms with Gasteiger partial charge in [0.25, 0.3) is 0 Å². The van der Waals surface area contributed by atoms with Crippen LogP contribution in [0.4, 0.5) is 0 Å². The number of nitrogens with zero attached hydrogens (tertiary/aromatic N) is 2. The summed E-state index contributed by atoms with van der Waals surface area (Å²) in [6, 6.07) is 0. The van der Waals surface area contributed by atoms with E-state index in [1.165, 1.54) is 0 Å². The number of carboxylic acid groups (broad SMARTS) is 1. The van der Waals surface area contributed by atoms with Gasteiger partial charge in [-0.3, -0.25) is 9.20 Å². The van der Waals surface area contributed by atoms with Gasteiger partial charge >= 0.3 is 5.97 Å². The van der Waals surface area contributed by atoms with Crippen molar-refractivity contribution in [3.8, 4) is 0 Å². The Hall–Kier alpha value is -1.40. The second kappa shape index (κ2) is 5.30. The molecule has 6 heteroatoms. The van der Waals surface area contributed by atoms with Gasteiger partial charge in [0.05, 0.1) is 12.3 Å². The fourth-order valence-corrected chi connectivity index (χ4v) is 3.33. The first kappa shape index (κ1) is 12.6. The molecule has 0 bridgehead atoms. The summed E-state index contributed by atoms with van der Waals surface area (Å²) in [5.74, 6) is -0.320. The summed E-state index contributed by atoms with van der Waals surface area (Å²) in [4.78, 5) is 16.2. The summed E-state index contributed by atoms with van der Waals surface area (Å²) >= 11 is 1.62. The van der Waals surface area contributed by atoms with Gasteiger partial charge in [-0.15, -0.1) is 11.3 Å². The average Bonchev–Trinajstić information content (AvgIpc) is 3.03. The number of ether oxygens (including phenoxy) is 1. The van der Waals surface area contributed by atoms with Crippen molar-refractivity contribution in [3.05, 3.63) is 23.0 Å². The maximum absolute atomic E-state index is 10.5. The molecule has 1 aliphatic rings. The van der Waals surface area contributed by atoms with E-state index in [1.54, 1.807) is 11.3 Å². The number of aliphatic carboxylic acids is 1. The van der Waals surface area contributed by atoms with Gasteiger partial charge in [0.1, 0.15) is 0 Å². The molecule has 2 aromatic rings. The molecule has 3 heterocycles. The van der Waals surface area contributed by atoms with E-state index < -0.39 is 5.97 Å². The molecule has 3 rings (SSSR count). The highest BCUT2D eigenvalue weighted by atomic mass is 32.1. The Labute approximate surface area is 114 Å². The van der Waals surface area contributed by atoms with Crippen molar-refractivity contribution >= 4 is 22.3 Å². The standard InChI is InChI=1S/C13H16N2O3S/c16-12(17)3-1-2-10-8-19-13-14-11(6-15(10)13)9-4-5-18-7-9/h6,8-9H,1-5,7H2,(H,16,17). The van der Waals surface area contributed by atoms with Crippen LogP contribution < -0.4 is 0 Å². The van der Waals surface area contributed by atoms with Gasteiger partial charge in [-0.2, -0.15) is 0 Å². The Morgan fingerprint density at radius 2 is 2.53 bits per heavy atom. The van der Waals surface area contributed by atoms with Crippen LogP contribution in [0.2, 0.25) is 0 Å². The number of fused-ring (bicyclic) bond motifs is 1. The lowest BCUT2D eigenvalue weighted by Gasteiger charge is -2.01. The highest BCUT2D eigenvalue weighted by Crippen LogP contribution is 2.27. The zero-order valence-corrected chi connectivity index (χ0v) is 11.4. The smallest absolute Gasteiger partial charge is 0.303 e. The summed E-state index contributed by atoms with van der Waals surface area (Å²) in [5, 5.41) is 10.7. The van der Waals surface area contributed by atoms with E-state index in [-0.39, 0.29) is 6.42 Å². The van der Waals surface area contributed by atoms with Gasteiger partial charge in [0.2, 0.25) is 0 Å². The molecule has 1 N–H and O–H groups in total. The lowest BCUT2D eigenvalue weighted by atomic mass is 10.1. The van der Waals surface area contributed by atoms with Gasteiger partial charge < -0.3 is 9.84 Å². The number of carboxylic acids is 1. The van der Waals surface area contributed by atoms with Gasteiger partial charge in [-0.1, -0.05) is 0 Å². The predicted molar refractivity (Wildman–Crippen MR) is 71.8 cm³/mol. The lowest BCUT2D eigenvalue weighted by molar-refractivity contribution is -0.137. The molecule has 19 heavy (non-hydrogen) atoms. The highest BCUT2D eigenvalue weighted by molar-refractivity contribution is 7.15. The predicted octanol–water partition coefficient (Wildman–Crippen LogP) is 2.31. The zero-order valence-electron chi connectivity index (χ0n) is 10.5. The Balaban J connectivity index is 1.75. The third kappa shape index (κ3) is 2.64. The van der Waals surface area contributed by atoms with Crippen LogP contribution >= 0.6 is 11.3 Å². The van der Waals surface area contributed by atoms with Crippen molar-refractivity contribution < 1.29 is 14.6 Å². The second-order valence-corrected chi connectivity index (χ2v) is 5.69. The number of imidazole rings is 1. The van der Waals surface area contributed by atoms with Crippen LogP contribution in [0.3, 0.4) is 0 Å². The van der Waals surface area contributed by atoms with Gasteiger partial charge in [-0.05, 0) is 19.3 Å². The number of carbonyl (C=O) groups is 1. The minimum absolute atomic E-state index is 0.218. The van der Waals surface area contributed by atoms with Crippen LogP contribution in [-0.2, 0) is 16.0 Å². The Morgan fingerprint density at radius 1 is 1.63 bits per heavy atom. The number of hydrogen-bond donors (Lipinski definition) is 1. The van der Waals surface area contributed by atoms with Gasteiger partial charge in [0, 0.05) is 36.2 Å². The Bertz CT molecular complexity index is 584. The van der Waals surface area contributed by atoms with Crippen LogP contribution in [0.1, 0.15) is 36.6 Å². The molecular formula is C13H16N2O3S. The van der Waals surface area contributed by atoms with Crippen molar-refractivity contribution in [3.63, 3.8) is 0 Å². The third-order valence-electron chi connectivity index (χ3n) is 3.47. The van der Waals surface area contributed by atoms with Crippen molar-refractivity contribution in [1.29, 1.82) is 0 Å². The molecule has 0 radical (unpaired) electrons. The molecule has 1 fully saturated rings. The molecule has 102 valence electrons. The van der Waals surface area contributed by atoms with Crippen LogP contribution in [0.15, 0.2) is 11.6 Å². The highest BCUT2D eigenvalue weighted by Gasteiger charge is 2.21. The molecule has 2 aromatic heterocycles. The first-order chi connectivity index (χ1) is 9.24. The normalized spacial score (nSPS) is 19.3. The fourth-order valence-electron chi connectivity index (χ4n) is 2.41. The minimum Gasteiger partial charge on any atom is -0.481 e. The van der Waals surface area contributed by atoms with Gasteiger partial charge in [0.15, 0.2) is 4.96 Å². The number of aromatic nitrogens is 2. The zero-order chi connectivity index (χ0) is 13.2. The number of aryl methyl sites for hydroxylation is 1. The number of hydrogen-bond acceptors (Lipinski definition) is 4. The Kier molecular flexibility index (Phi) is 3.52. The van der Waals surface area contributed by atoms with Crippen molar-refractivity contribution in [1.82, 2.24) is 9.38 Å². The SMILES string of the molecule is O=C(O)CCCc1csc2nc(C3CCOC3)cn12. The maximum Gasteiger partial charge on any atom is 0.303 e. The Morgan fingerprint density at radius 3 is 3.26 bits per heavy atom. The average molecular weight is 280 g/mol. The summed E-state index contributed by atoms with van der Waals surface area (Å²) in [5.41, 5.74) is 2.25. The summed E-state index contributed by atoms with van der Waals surface area (Å²) < 4.78 is 7.49. The monoisotopic (exact) mass is 280 g/mol. The minimum atomic E-state index is -0.735. The molecule has 0 spiro atoms. The molecule has 0 saturated carbocycles. The van der Waals surface area contributed by atoms with Crippen molar-refractivity contribution in [2.75, 3.05) is 13.2 Å². The second-order valence-electron chi connectivity index (χ2n) is 4.85. The molecule has 0 amide bonds. The topological polar surface area (TPSA) is 63.8 Å². The number of thiazole rings is 1. The van der Waals surface area contributed by atoms with Crippen LogP contribution in [0.25, 0.3) is 4.96 Å². The molecule has 1 aliphatic heterocycles. The third-order valence-corrected chi connectivity index (χ3v) is 4.36. The molecule has 0 aromatic carbocycles. The summed E-state index contributed by atoms with van der Waals surface area (Å²) in [6.45, 7) is 1.58. The first-order valence-electron chi connectivity index (χ1n) is 6.49. The lowest BCUT2D eigenvalue weighted by Crippen LogP contribution is -1.98.